The molecule has 3 heterocycles. The van der Waals surface area contributed by atoms with Crippen molar-refractivity contribution in [2.24, 2.45) is 0 Å². The maximum Gasteiger partial charge on any atom is 0.289 e. The normalized spacial score (nSPS) is 14.9. The summed E-state index contributed by atoms with van der Waals surface area (Å²) in [6.45, 7) is 6.91. The van der Waals surface area contributed by atoms with Gasteiger partial charge in [0, 0.05) is 38.4 Å². The highest BCUT2D eigenvalue weighted by atomic mass is 16.5. The molecule has 1 aliphatic heterocycles. The smallest absolute Gasteiger partial charge is 0.289 e. The number of ether oxygens (including phenoxy) is 1. The zero-order chi connectivity index (χ0) is 16.2. The van der Waals surface area contributed by atoms with E-state index in [1.54, 1.807) is 29.3 Å². The van der Waals surface area contributed by atoms with Gasteiger partial charge in [0.25, 0.3) is 5.91 Å². The average Bonchev–Trinajstić information content (AvgIpc) is 3.01. The zero-order valence-corrected chi connectivity index (χ0v) is 13.4. The summed E-state index contributed by atoms with van der Waals surface area (Å²) in [6.07, 6.45) is 1.69. The van der Waals surface area contributed by atoms with E-state index in [2.05, 4.69) is 14.9 Å². The second-order valence-electron chi connectivity index (χ2n) is 5.32. The lowest BCUT2D eigenvalue weighted by Crippen LogP contribution is -2.49. The van der Waals surface area contributed by atoms with Crippen LogP contribution in [0.4, 0.5) is 5.95 Å². The largest absolute Gasteiger partial charge is 0.478 e. The van der Waals surface area contributed by atoms with Crippen molar-refractivity contribution in [1.82, 2.24) is 14.9 Å². The van der Waals surface area contributed by atoms with Gasteiger partial charge in [-0.05, 0) is 26.0 Å². The molecule has 2 aromatic rings. The number of hydrogen-bond acceptors (Lipinski definition) is 6. The summed E-state index contributed by atoms with van der Waals surface area (Å²) in [6, 6.07) is 5.27. The van der Waals surface area contributed by atoms with Crippen LogP contribution >= 0.6 is 0 Å². The highest BCUT2D eigenvalue weighted by molar-refractivity contribution is 5.91. The van der Waals surface area contributed by atoms with Gasteiger partial charge in [0.2, 0.25) is 11.8 Å². The van der Waals surface area contributed by atoms with E-state index in [4.69, 9.17) is 9.15 Å². The minimum atomic E-state index is -0.0678. The Kier molecular flexibility index (Phi) is 4.45. The van der Waals surface area contributed by atoms with Crippen LogP contribution in [0.2, 0.25) is 0 Å². The van der Waals surface area contributed by atoms with Crippen LogP contribution < -0.4 is 9.64 Å². The van der Waals surface area contributed by atoms with E-state index in [0.29, 0.717) is 50.4 Å². The Morgan fingerprint density at radius 3 is 2.70 bits per heavy atom. The highest BCUT2D eigenvalue weighted by Gasteiger charge is 2.25. The fourth-order valence-electron chi connectivity index (χ4n) is 2.53. The van der Waals surface area contributed by atoms with Crippen molar-refractivity contribution in [2.75, 3.05) is 37.7 Å². The third-order valence-electron chi connectivity index (χ3n) is 3.71. The molecular weight excluding hydrogens is 296 g/mol. The van der Waals surface area contributed by atoms with Crippen LogP contribution in [0.25, 0.3) is 0 Å². The van der Waals surface area contributed by atoms with E-state index in [1.165, 1.54) is 0 Å². The molecule has 1 fully saturated rings. The number of carbonyl (C=O) groups is 1. The van der Waals surface area contributed by atoms with Gasteiger partial charge >= 0.3 is 0 Å². The third-order valence-corrected chi connectivity index (χ3v) is 3.71. The fourth-order valence-corrected chi connectivity index (χ4v) is 2.53. The Morgan fingerprint density at radius 1 is 1.26 bits per heavy atom. The monoisotopic (exact) mass is 316 g/mol. The number of amides is 1. The summed E-state index contributed by atoms with van der Waals surface area (Å²) in [4.78, 5) is 24.9. The van der Waals surface area contributed by atoms with Gasteiger partial charge in [0.1, 0.15) is 5.76 Å². The first-order chi connectivity index (χ1) is 11.2. The highest BCUT2D eigenvalue weighted by Crippen LogP contribution is 2.16. The molecule has 0 bridgehead atoms. The van der Waals surface area contributed by atoms with Crippen molar-refractivity contribution < 1.29 is 13.9 Å². The van der Waals surface area contributed by atoms with Crippen molar-refractivity contribution in [1.29, 1.82) is 0 Å². The van der Waals surface area contributed by atoms with Gasteiger partial charge in [-0.3, -0.25) is 4.79 Å². The SMILES string of the molecule is CCOc1ccnc(N2CCN(C(=O)c3ccc(C)o3)CC2)n1. The molecule has 0 atom stereocenters. The zero-order valence-electron chi connectivity index (χ0n) is 13.4. The summed E-state index contributed by atoms with van der Waals surface area (Å²) >= 11 is 0. The lowest BCUT2D eigenvalue weighted by atomic mass is 10.3. The molecule has 0 unspecified atom stereocenters. The molecule has 23 heavy (non-hydrogen) atoms. The number of piperazine rings is 1. The Labute approximate surface area is 134 Å². The van der Waals surface area contributed by atoms with Crippen LogP contribution in [0.15, 0.2) is 28.8 Å². The Bertz CT molecular complexity index is 677. The summed E-state index contributed by atoms with van der Waals surface area (Å²) in [5, 5.41) is 0. The minimum absolute atomic E-state index is 0.0678. The minimum Gasteiger partial charge on any atom is -0.478 e. The van der Waals surface area contributed by atoms with Crippen molar-refractivity contribution in [3.8, 4) is 5.88 Å². The fraction of sp³-hybridized carbons (Fsp3) is 0.438. The topological polar surface area (TPSA) is 71.7 Å². The molecule has 7 nitrogen and oxygen atoms in total. The second-order valence-corrected chi connectivity index (χ2v) is 5.32. The quantitative estimate of drug-likeness (QED) is 0.855. The molecule has 7 heteroatoms. The lowest BCUT2D eigenvalue weighted by molar-refractivity contribution is 0.0712. The van der Waals surface area contributed by atoms with E-state index < -0.39 is 0 Å². The van der Waals surface area contributed by atoms with Crippen molar-refractivity contribution >= 4 is 11.9 Å². The van der Waals surface area contributed by atoms with Gasteiger partial charge in [-0.2, -0.15) is 4.98 Å². The van der Waals surface area contributed by atoms with Gasteiger partial charge < -0.3 is 19.0 Å². The molecule has 2 aromatic heterocycles. The summed E-state index contributed by atoms with van der Waals surface area (Å²) < 4.78 is 10.8. The van der Waals surface area contributed by atoms with Gasteiger partial charge in [0.05, 0.1) is 6.61 Å². The maximum absolute atomic E-state index is 12.4. The molecule has 1 saturated heterocycles. The predicted octanol–water partition coefficient (Wildman–Crippen LogP) is 1.74. The predicted molar refractivity (Wildman–Crippen MR) is 84.8 cm³/mol. The first kappa shape index (κ1) is 15.3. The number of nitrogens with zero attached hydrogens (tertiary/aromatic N) is 4. The molecule has 0 aliphatic carbocycles. The Morgan fingerprint density at radius 2 is 2.04 bits per heavy atom. The van der Waals surface area contributed by atoms with Crippen LogP contribution in [0.5, 0.6) is 5.88 Å². The summed E-state index contributed by atoms with van der Waals surface area (Å²) in [5.41, 5.74) is 0. The van der Waals surface area contributed by atoms with Gasteiger partial charge in [-0.25, -0.2) is 4.98 Å². The van der Waals surface area contributed by atoms with Gasteiger partial charge in [-0.15, -0.1) is 0 Å². The van der Waals surface area contributed by atoms with Crippen LogP contribution in [0.3, 0.4) is 0 Å². The van der Waals surface area contributed by atoms with E-state index in [-0.39, 0.29) is 5.91 Å². The summed E-state index contributed by atoms with van der Waals surface area (Å²) in [7, 11) is 0. The number of carbonyl (C=O) groups excluding carboxylic acids is 1. The summed E-state index contributed by atoms with van der Waals surface area (Å²) in [5.74, 6) is 2.28. The Hall–Kier alpha value is -2.57. The van der Waals surface area contributed by atoms with Crippen LogP contribution in [-0.2, 0) is 0 Å². The van der Waals surface area contributed by atoms with E-state index in [0.717, 1.165) is 5.76 Å². The number of aromatic nitrogens is 2. The molecule has 1 amide bonds. The van der Waals surface area contributed by atoms with Gasteiger partial charge in [-0.1, -0.05) is 0 Å². The Balaban J connectivity index is 1.62. The van der Waals surface area contributed by atoms with Gasteiger partial charge in [0.15, 0.2) is 5.76 Å². The molecule has 0 saturated carbocycles. The molecule has 0 aromatic carbocycles. The first-order valence-corrected chi connectivity index (χ1v) is 7.74. The first-order valence-electron chi connectivity index (χ1n) is 7.74. The average molecular weight is 316 g/mol. The third kappa shape index (κ3) is 3.44. The van der Waals surface area contributed by atoms with E-state index in [9.17, 15) is 4.79 Å². The van der Waals surface area contributed by atoms with Crippen LogP contribution in [0, 0.1) is 6.92 Å². The number of anilines is 1. The molecule has 0 N–H and O–H groups in total. The van der Waals surface area contributed by atoms with Crippen molar-refractivity contribution in [2.45, 2.75) is 13.8 Å². The van der Waals surface area contributed by atoms with Crippen LogP contribution in [-0.4, -0.2) is 53.6 Å². The second kappa shape index (κ2) is 6.68. The number of rotatable bonds is 4. The maximum atomic E-state index is 12.4. The lowest BCUT2D eigenvalue weighted by Gasteiger charge is -2.34. The van der Waals surface area contributed by atoms with Crippen LogP contribution in [0.1, 0.15) is 23.2 Å². The molecule has 0 radical (unpaired) electrons. The molecule has 1 aliphatic rings. The molecule has 122 valence electrons. The number of hydrogen-bond donors (Lipinski definition) is 0. The van der Waals surface area contributed by atoms with E-state index in [1.807, 2.05) is 13.8 Å². The molecule has 0 spiro atoms. The van der Waals surface area contributed by atoms with Crippen molar-refractivity contribution in [3.05, 3.63) is 35.9 Å². The number of aryl methyl sites for hydroxylation is 1. The molecular formula is C16H20N4O3. The number of furan rings is 1. The standard InChI is InChI=1S/C16H20N4O3/c1-3-22-14-6-7-17-16(18-14)20-10-8-19(9-11-20)15(21)13-5-4-12(2)23-13/h4-7H,3,8-11H2,1-2H3. The molecule has 3 rings (SSSR count). The van der Waals surface area contributed by atoms with E-state index >= 15 is 0 Å². The van der Waals surface area contributed by atoms with Crippen molar-refractivity contribution in [3.63, 3.8) is 0 Å².